The van der Waals surface area contributed by atoms with Gasteiger partial charge in [-0.15, -0.1) is 0 Å². The van der Waals surface area contributed by atoms with Crippen LogP contribution in [-0.4, -0.2) is 34.6 Å². The van der Waals surface area contributed by atoms with Crippen LogP contribution >= 0.6 is 0 Å². The molecule has 1 unspecified atom stereocenters. The van der Waals surface area contributed by atoms with Gasteiger partial charge in [-0.3, -0.25) is 24.5 Å². The van der Waals surface area contributed by atoms with Crippen LogP contribution in [0.4, 0.5) is 5.69 Å². The third-order valence-electron chi connectivity index (χ3n) is 6.60. The van der Waals surface area contributed by atoms with Gasteiger partial charge in [-0.2, -0.15) is 0 Å². The average Bonchev–Trinajstić information content (AvgIpc) is 3.33. The smallest absolute Gasteiger partial charge is 0.258 e. The van der Waals surface area contributed by atoms with Gasteiger partial charge < -0.3 is 9.80 Å². The van der Waals surface area contributed by atoms with Gasteiger partial charge in [0.15, 0.2) is 0 Å². The highest BCUT2D eigenvalue weighted by molar-refractivity contribution is 6.14. The van der Waals surface area contributed by atoms with Crippen molar-refractivity contribution in [2.45, 2.75) is 32.0 Å². The van der Waals surface area contributed by atoms with Gasteiger partial charge in [0.2, 0.25) is 11.8 Å². The van der Waals surface area contributed by atoms with Gasteiger partial charge in [0.1, 0.15) is 6.04 Å². The van der Waals surface area contributed by atoms with E-state index in [4.69, 9.17) is 0 Å². The molecule has 0 radical (unpaired) electrons. The summed E-state index contributed by atoms with van der Waals surface area (Å²) in [6.07, 6.45) is 0.521. The molecule has 1 fully saturated rings. The summed E-state index contributed by atoms with van der Waals surface area (Å²) in [5.41, 5.74) is 3.74. The third kappa shape index (κ3) is 2.67. The molecule has 0 saturated carbocycles. The minimum atomic E-state index is -0.669. The van der Waals surface area contributed by atoms with Crippen LogP contribution in [0.25, 0.3) is 10.8 Å². The van der Waals surface area contributed by atoms with Gasteiger partial charge >= 0.3 is 0 Å². The Labute approximate surface area is 183 Å². The first-order chi connectivity index (χ1) is 15.5. The number of carbonyl (C=O) groups excluding carboxylic acids is 4. The first-order valence-electron chi connectivity index (χ1n) is 10.6. The van der Waals surface area contributed by atoms with Crippen LogP contribution < -0.4 is 10.2 Å². The van der Waals surface area contributed by atoms with Crippen LogP contribution in [-0.2, 0) is 22.7 Å². The molecule has 1 atom stereocenters. The Morgan fingerprint density at radius 2 is 1.75 bits per heavy atom. The Kier molecular flexibility index (Phi) is 3.95. The Morgan fingerprint density at radius 1 is 0.938 bits per heavy atom. The minimum Gasteiger partial charge on any atom is -0.322 e. The maximum atomic E-state index is 13.4. The fourth-order valence-electron chi connectivity index (χ4n) is 5.05. The van der Waals surface area contributed by atoms with Crippen molar-refractivity contribution in [2.75, 3.05) is 4.90 Å². The molecule has 0 bridgehead atoms. The van der Waals surface area contributed by atoms with Gasteiger partial charge in [-0.1, -0.05) is 30.3 Å². The SMILES string of the molecule is O=C1CCC(N2Cc3cc(C(=O)N4Cc5cccc6cccc4c56)ccc3C2=O)C(=O)N1. The van der Waals surface area contributed by atoms with Gasteiger partial charge in [0, 0.05) is 29.5 Å². The van der Waals surface area contributed by atoms with Gasteiger partial charge in [0.25, 0.3) is 11.8 Å². The number of amides is 4. The molecule has 0 spiro atoms. The second kappa shape index (κ2) is 6.75. The first-order valence-corrected chi connectivity index (χ1v) is 10.6. The predicted molar refractivity (Wildman–Crippen MR) is 117 cm³/mol. The monoisotopic (exact) mass is 425 g/mol. The summed E-state index contributed by atoms with van der Waals surface area (Å²) in [5.74, 6) is -1.12. The fraction of sp³-hybridized carbons (Fsp3) is 0.200. The van der Waals surface area contributed by atoms with Gasteiger partial charge in [-0.25, -0.2) is 0 Å². The highest BCUT2D eigenvalue weighted by atomic mass is 16.2. The van der Waals surface area contributed by atoms with Crippen LogP contribution in [0.2, 0.25) is 0 Å². The van der Waals surface area contributed by atoms with Crippen molar-refractivity contribution >= 4 is 40.1 Å². The normalized spacial score (nSPS) is 19.5. The van der Waals surface area contributed by atoms with Crippen molar-refractivity contribution in [3.05, 3.63) is 76.9 Å². The summed E-state index contributed by atoms with van der Waals surface area (Å²) < 4.78 is 0. The van der Waals surface area contributed by atoms with Gasteiger partial charge in [-0.05, 0) is 47.2 Å². The summed E-state index contributed by atoms with van der Waals surface area (Å²) in [5, 5.41) is 4.51. The Hall–Kier alpha value is -4.00. The molecule has 1 N–H and O–H groups in total. The van der Waals surface area contributed by atoms with E-state index >= 15 is 0 Å². The minimum absolute atomic E-state index is 0.122. The standard InChI is InChI=1S/C25H19N3O4/c29-21-10-9-20(23(30)26-21)28-13-17-11-15(7-8-18(17)25(28)32)24(31)27-12-16-5-1-3-14-4-2-6-19(27)22(14)16/h1-8,11,20H,9-10,12-13H2,(H,26,29,30). The molecule has 7 heteroatoms. The number of nitrogens with one attached hydrogen (secondary N) is 1. The quantitative estimate of drug-likeness (QED) is 0.640. The molecule has 158 valence electrons. The van der Waals surface area contributed by atoms with Crippen LogP contribution in [0.1, 0.15) is 44.7 Å². The van der Waals surface area contributed by atoms with E-state index in [9.17, 15) is 19.2 Å². The second-order valence-electron chi connectivity index (χ2n) is 8.46. The molecule has 1 saturated heterocycles. The van der Waals surface area contributed by atoms with E-state index in [1.165, 1.54) is 4.90 Å². The van der Waals surface area contributed by atoms with Crippen LogP contribution in [0.3, 0.4) is 0 Å². The highest BCUT2D eigenvalue weighted by Crippen LogP contribution is 2.38. The molecule has 7 nitrogen and oxygen atoms in total. The van der Waals surface area contributed by atoms with E-state index in [0.717, 1.165) is 27.6 Å². The summed E-state index contributed by atoms with van der Waals surface area (Å²) in [4.78, 5) is 53.3. The van der Waals surface area contributed by atoms with Crippen molar-refractivity contribution in [1.29, 1.82) is 0 Å². The largest absolute Gasteiger partial charge is 0.322 e. The van der Waals surface area contributed by atoms with Crippen molar-refractivity contribution in [2.24, 2.45) is 0 Å². The highest BCUT2D eigenvalue weighted by Gasteiger charge is 2.39. The molecule has 3 heterocycles. The molecule has 6 rings (SSSR count). The molecule has 0 aliphatic carbocycles. The summed E-state index contributed by atoms with van der Waals surface area (Å²) in [7, 11) is 0. The van der Waals surface area contributed by atoms with E-state index in [1.54, 1.807) is 23.1 Å². The number of rotatable bonds is 2. The van der Waals surface area contributed by atoms with Crippen LogP contribution in [0.15, 0.2) is 54.6 Å². The number of hydrogen-bond acceptors (Lipinski definition) is 4. The van der Waals surface area contributed by atoms with E-state index in [1.807, 2.05) is 36.4 Å². The third-order valence-corrected chi connectivity index (χ3v) is 6.60. The molecule has 0 aromatic heterocycles. The summed E-state index contributed by atoms with van der Waals surface area (Å²) >= 11 is 0. The Balaban J connectivity index is 1.29. The number of nitrogens with zero attached hydrogens (tertiary/aromatic N) is 2. The number of fused-ring (bicyclic) bond motifs is 1. The number of imide groups is 1. The Morgan fingerprint density at radius 3 is 2.56 bits per heavy atom. The van der Waals surface area contributed by atoms with Gasteiger partial charge in [0.05, 0.1) is 12.2 Å². The van der Waals surface area contributed by atoms with Crippen molar-refractivity contribution in [3.8, 4) is 0 Å². The molecular formula is C25H19N3O4. The maximum Gasteiger partial charge on any atom is 0.258 e. The van der Waals surface area contributed by atoms with Crippen LogP contribution in [0.5, 0.6) is 0 Å². The number of carbonyl (C=O) groups is 4. The second-order valence-corrected chi connectivity index (χ2v) is 8.46. The van der Waals surface area contributed by atoms with E-state index in [0.29, 0.717) is 24.1 Å². The van der Waals surface area contributed by atoms with Crippen molar-refractivity contribution in [3.63, 3.8) is 0 Å². The van der Waals surface area contributed by atoms with E-state index in [-0.39, 0.29) is 30.7 Å². The van der Waals surface area contributed by atoms with E-state index in [2.05, 4.69) is 5.32 Å². The van der Waals surface area contributed by atoms with E-state index < -0.39 is 11.9 Å². The lowest BCUT2D eigenvalue weighted by molar-refractivity contribution is -0.136. The molecule has 32 heavy (non-hydrogen) atoms. The summed E-state index contributed by atoms with van der Waals surface area (Å²) in [6.45, 7) is 0.755. The number of anilines is 1. The number of piperidine rings is 1. The Bertz CT molecular complexity index is 1360. The lowest BCUT2D eigenvalue weighted by Crippen LogP contribution is -2.52. The number of hydrogen-bond donors (Lipinski definition) is 1. The predicted octanol–water partition coefficient (Wildman–Crippen LogP) is 2.76. The lowest BCUT2D eigenvalue weighted by Gasteiger charge is -2.29. The maximum absolute atomic E-state index is 13.4. The lowest BCUT2D eigenvalue weighted by atomic mass is 10.0. The van der Waals surface area contributed by atoms with Crippen molar-refractivity contribution in [1.82, 2.24) is 10.2 Å². The molecule has 3 aromatic rings. The average molecular weight is 425 g/mol. The number of benzene rings is 3. The zero-order valence-corrected chi connectivity index (χ0v) is 17.1. The zero-order valence-electron chi connectivity index (χ0n) is 17.1. The molecule has 3 aromatic carbocycles. The first kappa shape index (κ1) is 18.7. The molecule has 4 amide bonds. The molecule has 3 aliphatic rings. The van der Waals surface area contributed by atoms with Crippen molar-refractivity contribution < 1.29 is 19.2 Å². The molecule has 3 aliphatic heterocycles. The molecular weight excluding hydrogens is 406 g/mol. The topological polar surface area (TPSA) is 86.8 Å². The van der Waals surface area contributed by atoms with Crippen LogP contribution in [0, 0.1) is 0 Å². The fourth-order valence-corrected chi connectivity index (χ4v) is 5.05. The summed E-state index contributed by atoms with van der Waals surface area (Å²) in [6, 6.07) is 16.5. The zero-order chi connectivity index (χ0) is 22.0.